The number of nitrogens with zero attached hydrogens (tertiary/aromatic N) is 3. The van der Waals surface area contributed by atoms with Crippen LogP contribution in [0.5, 0.6) is 5.75 Å². The monoisotopic (exact) mass is 471 g/mol. The smallest absolute Gasteiger partial charge is 0.245 e. The van der Waals surface area contributed by atoms with Gasteiger partial charge in [0.2, 0.25) is 10.0 Å². The van der Waals surface area contributed by atoms with Gasteiger partial charge in [0.15, 0.2) is 0 Å². The molecule has 0 radical (unpaired) electrons. The van der Waals surface area contributed by atoms with Gasteiger partial charge in [-0.25, -0.2) is 8.42 Å². The number of methoxy groups -OCH3 is 1. The van der Waals surface area contributed by atoms with Crippen molar-refractivity contribution in [2.45, 2.75) is 23.5 Å². The summed E-state index contributed by atoms with van der Waals surface area (Å²) in [5, 5.41) is 0.568. The summed E-state index contributed by atoms with van der Waals surface area (Å²) < 4.78 is 35.8. The zero-order valence-electron chi connectivity index (χ0n) is 18.8. The lowest BCUT2D eigenvalue weighted by atomic mass is 9.93. The predicted molar refractivity (Wildman–Crippen MR) is 131 cm³/mol. The van der Waals surface area contributed by atoms with E-state index < -0.39 is 10.0 Å². The molecule has 4 aromatic rings. The van der Waals surface area contributed by atoms with Crippen LogP contribution in [0.3, 0.4) is 0 Å². The second-order valence-corrected chi connectivity index (χ2v) is 10.6. The Hall–Kier alpha value is -3.26. The van der Waals surface area contributed by atoms with E-state index in [-0.39, 0.29) is 17.1 Å². The molecule has 7 heteroatoms. The van der Waals surface area contributed by atoms with Gasteiger partial charge in [-0.2, -0.15) is 4.31 Å². The van der Waals surface area contributed by atoms with E-state index in [0.29, 0.717) is 23.2 Å². The Morgan fingerprint density at radius 1 is 0.941 bits per heavy atom. The molecule has 2 aliphatic heterocycles. The molecular formula is C27H25N3O3S. The summed E-state index contributed by atoms with van der Waals surface area (Å²) in [4.78, 5) is 7.00. The standard InChI is InChI=1S/C27H25N3O3S/c1-33-24-13-14-25(22-12-7-16-28-26(22)24)34(31,32)30-18-23-21-11-6-5-8-19(21)15-17-29(23)27(30)20-9-3-2-4-10-20/h2-14,16,23,27H,15,17-18H2,1H3/t23-,27+/m0/s1. The van der Waals surface area contributed by atoms with Crippen molar-refractivity contribution in [2.24, 2.45) is 0 Å². The van der Waals surface area contributed by atoms with Crippen molar-refractivity contribution in [3.05, 3.63) is 102 Å². The molecule has 0 spiro atoms. The van der Waals surface area contributed by atoms with Crippen LogP contribution in [-0.4, -0.2) is 42.8 Å². The fourth-order valence-corrected chi connectivity index (χ4v) is 7.23. The molecule has 0 bridgehead atoms. The minimum atomic E-state index is -3.85. The van der Waals surface area contributed by atoms with Gasteiger partial charge in [-0.15, -0.1) is 0 Å². The maximum Gasteiger partial charge on any atom is 0.245 e. The normalized spacial score (nSPS) is 20.7. The van der Waals surface area contributed by atoms with Crippen LogP contribution in [-0.2, 0) is 16.4 Å². The molecule has 6 rings (SSSR count). The summed E-state index contributed by atoms with van der Waals surface area (Å²) in [6.07, 6.45) is 2.18. The van der Waals surface area contributed by atoms with Crippen LogP contribution in [0, 0.1) is 0 Å². The van der Waals surface area contributed by atoms with Crippen LogP contribution in [0.4, 0.5) is 0 Å². The number of fused-ring (bicyclic) bond motifs is 4. The van der Waals surface area contributed by atoms with Crippen molar-refractivity contribution < 1.29 is 13.2 Å². The molecule has 3 aromatic carbocycles. The van der Waals surface area contributed by atoms with Crippen molar-refractivity contribution in [3.8, 4) is 5.75 Å². The van der Waals surface area contributed by atoms with Crippen molar-refractivity contribution in [1.29, 1.82) is 0 Å². The van der Waals surface area contributed by atoms with E-state index in [4.69, 9.17) is 4.74 Å². The first-order chi connectivity index (χ1) is 16.6. The first-order valence-corrected chi connectivity index (χ1v) is 12.9. The van der Waals surface area contributed by atoms with Gasteiger partial charge in [0, 0.05) is 24.7 Å². The molecule has 6 nitrogen and oxygen atoms in total. The highest BCUT2D eigenvalue weighted by Crippen LogP contribution is 2.47. The first-order valence-electron chi connectivity index (χ1n) is 11.4. The van der Waals surface area contributed by atoms with Gasteiger partial charge >= 0.3 is 0 Å². The fourth-order valence-electron chi connectivity index (χ4n) is 5.45. The van der Waals surface area contributed by atoms with E-state index in [1.165, 1.54) is 11.1 Å². The summed E-state index contributed by atoms with van der Waals surface area (Å²) in [6.45, 7) is 1.20. The van der Waals surface area contributed by atoms with E-state index in [1.54, 1.807) is 41.9 Å². The maximum atomic E-state index is 14.3. The molecule has 0 aliphatic carbocycles. The molecule has 3 heterocycles. The molecule has 1 fully saturated rings. The molecule has 0 saturated carbocycles. The van der Waals surface area contributed by atoms with Gasteiger partial charge in [-0.3, -0.25) is 9.88 Å². The highest BCUT2D eigenvalue weighted by atomic mass is 32.2. The average molecular weight is 472 g/mol. The molecule has 2 atom stereocenters. The number of hydrogen-bond donors (Lipinski definition) is 0. The summed E-state index contributed by atoms with van der Waals surface area (Å²) >= 11 is 0. The second kappa shape index (κ2) is 8.20. The average Bonchev–Trinajstić information content (AvgIpc) is 3.29. The van der Waals surface area contributed by atoms with Gasteiger partial charge < -0.3 is 4.74 Å². The van der Waals surface area contributed by atoms with Crippen molar-refractivity contribution in [3.63, 3.8) is 0 Å². The number of sulfonamides is 1. The van der Waals surface area contributed by atoms with E-state index in [0.717, 1.165) is 18.5 Å². The molecule has 34 heavy (non-hydrogen) atoms. The van der Waals surface area contributed by atoms with Crippen LogP contribution < -0.4 is 4.74 Å². The Morgan fingerprint density at radius 3 is 2.56 bits per heavy atom. The molecule has 172 valence electrons. The fraction of sp³-hybridized carbons (Fsp3) is 0.222. The third kappa shape index (κ3) is 3.23. The van der Waals surface area contributed by atoms with Gasteiger partial charge in [0.25, 0.3) is 0 Å². The third-order valence-corrected chi connectivity index (χ3v) is 8.87. The number of benzene rings is 3. The van der Waals surface area contributed by atoms with E-state index in [1.807, 2.05) is 36.4 Å². The highest BCUT2D eigenvalue weighted by molar-refractivity contribution is 7.89. The summed E-state index contributed by atoms with van der Waals surface area (Å²) in [6, 6.07) is 25.2. The SMILES string of the molecule is COc1ccc(S(=O)(=O)N2C[C@H]3c4ccccc4CCN3[C@H]2c2ccccc2)c2cccnc12. The van der Waals surface area contributed by atoms with Gasteiger partial charge in [-0.1, -0.05) is 54.6 Å². The predicted octanol–water partition coefficient (Wildman–Crippen LogP) is 4.55. The van der Waals surface area contributed by atoms with Gasteiger partial charge in [0.05, 0.1) is 18.0 Å². The topological polar surface area (TPSA) is 62.7 Å². The van der Waals surface area contributed by atoms with Crippen LogP contribution in [0.15, 0.2) is 90.0 Å². The van der Waals surface area contributed by atoms with E-state index in [2.05, 4.69) is 28.1 Å². The Bertz CT molecular complexity index is 1470. The number of ether oxygens (including phenoxy) is 1. The van der Waals surface area contributed by atoms with Crippen LogP contribution in [0.25, 0.3) is 10.9 Å². The number of pyridine rings is 1. The minimum Gasteiger partial charge on any atom is -0.494 e. The zero-order valence-corrected chi connectivity index (χ0v) is 19.7. The Labute approximate surface area is 199 Å². The minimum absolute atomic E-state index is 0.00701. The number of rotatable bonds is 4. The third-order valence-electron chi connectivity index (χ3n) is 6.99. The molecule has 1 aromatic heterocycles. The van der Waals surface area contributed by atoms with Crippen LogP contribution in [0.2, 0.25) is 0 Å². The lowest BCUT2D eigenvalue weighted by molar-refractivity contribution is 0.154. The van der Waals surface area contributed by atoms with Crippen LogP contribution >= 0.6 is 0 Å². The van der Waals surface area contributed by atoms with E-state index in [9.17, 15) is 8.42 Å². The van der Waals surface area contributed by atoms with Crippen molar-refractivity contribution >= 4 is 20.9 Å². The number of aromatic nitrogens is 1. The Balaban J connectivity index is 1.52. The maximum absolute atomic E-state index is 14.3. The quantitative estimate of drug-likeness (QED) is 0.437. The molecule has 0 amide bonds. The summed E-state index contributed by atoms with van der Waals surface area (Å²) in [5.74, 6) is 0.557. The molecule has 0 unspecified atom stereocenters. The lowest BCUT2D eigenvalue weighted by Gasteiger charge is -2.35. The highest BCUT2D eigenvalue weighted by Gasteiger charge is 2.48. The van der Waals surface area contributed by atoms with Crippen molar-refractivity contribution in [1.82, 2.24) is 14.2 Å². The largest absolute Gasteiger partial charge is 0.494 e. The summed E-state index contributed by atoms with van der Waals surface area (Å²) in [5.41, 5.74) is 4.04. The van der Waals surface area contributed by atoms with Crippen molar-refractivity contribution in [2.75, 3.05) is 20.2 Å². The Kier molecular flexibility index (Phi) is 5.13. The summed E-state index contributed by atoms with van der Waals surface area (Å²) in [7, 11) is -2.28. The molecule has 0 N–H and O–H groups in total. The second-order valence-electron chi connectivity index (χ2n) is 8.73. The zero-order chi connectivity index (χ0) is 23.3. The number of hydrogen-bond acceptors (Lipinski definition) is 5. The van der Waals surface area contributed by atoms with Crippen LogP contribution in [0.1, 0.15) is 28.9 Å². The molecular weight excluding hydrogens is 446 g/mol. The molecule has 2 aliphatic rings. The first kappa shape index (κ1) is 21.3. The lowest BCUT2D eigenvalue weighted by Crippen LogP contribution is -2.37. The Morgan fingerprint density at radius 2 is 1.74 bits per heavy atom. The van der Waals surface area contributed by atoms with E-state index >= 15 is 0 Å². The van der Waals surface area contributed by atoms with Gasteiger partial charge in [0.1, 0.15) is 17.4 Å². The van der Waals surface area contributed by atoms with Gasteiger partial charge in [-0.05, 0) is 47.4 Å². The molecule has 1 saturated heterocycles.